The molecule has 1 rings (SSSR count). The van der Waals surface area contributed by atoms with Crippen molar-refractivity contribution in [1.29, 1.82) is 5.26 Å². The summed E-state index contributed by atoms with van der Waals surface area (Å²) < 4.78 is 29.2. The summed E-state index contributed by atoms with van der Waals surface area (Å²) in [6, 6.07) is 7.99. The third-order valence-electron chi connectivity index (χ3n) is 2.52. The van der Waals surface area contributed by atoms with Crippen molar-refractivity contribution in [1.82, 2.24) is 4.31 Å². The summed E-state index contributed by atoms with van der Waals surface area (Å²) in [5.74, 6) is 0.694. The van der Waals surface area contributed by atoms with Gasteiger partial charge in [-0.1, -0.05) is 12.1 Å². The minimum Gasteiger partial charge on any atom is -0.494 e. The van der Waals surface area contributed by atoms with E-state index in [1.807, 2.05) is 13.0 Å². The second-order valence-electron chi connectivity index (χ2n) is 3.81. The normalized spacial score (nSPS) is 13.1. The Balaban J connectivity index is 3.00. The molecule has 0 radical (unpaired) electrons. The lowest BCUT2D eigenvalue weighted by atomic mass is 10.1. The Morgan fingerprint density at radius 3 is 2.33 bits per heavy atom. The highest BCUT2D eigenvalue weighted by Gasteiger charge is 2.23. The average molecular weight is 268 g/mol. The van der Waals surface area contributed by atoms with E-state index >= 15 is 0 Å². The molecule has 0 heterocycles. The Morgan fingerprint density at radius 1 is 1.39 bits per heavy atom. The van der Waals surface area contributed by atoms with Gasteiger partial charge in [-0.05, 0) is 24.6 Å². The lowest BCUT2D eigenvalue weighted by Crippen LogP contribution is -2.29. The van der Waals surface area contributed by atoms with Crippen LogP contribution in [0.15, 0.2) is 24.3 Å². The average Bonchev–Trinajstić information content (AvgIpc) is 2.31. The molecule has 6 heteroatoms. The summed E-state index contributed by atoms with van der Waals surface area (Å²) in [4.78, 5) is 0. The van der Waals surface area contributed by atoms with Crippen LogP contribution in [0.4, 0.5) is 0 Å². The van der Waals surface area contributed by atoms with E-state index in [2.05, 4.69) is 0 Å². The summed E-state index contributed by atoms with van der Waals surface area (Å²) in [5.41, 5.74) is 0.619. The summed E-state index contributed by atoms with van der Waals surface area (Å²) in [5, 5.41) is 9.10. The number of ether oxygens (including phenoxy) is 1. The Morgan fingerprint density at radius 2 is 1.94 bits per heavy atom. The molecule has 1 unspecified atom stereocenters. The third kappa shape index (κ3) is 3.45. The number of nitrogens with zero attached hydrogens (tertiary/aromatic N) is 2. The van der Waals surface area contributed by atoms with Crippen molar-refractivity contribution in [3.8, 4) is 11.8 Å². The molecule has 1 atom stereocenters. The smallest absolute Gasteiger partial charge is 0.212 e. The summed E-state index contributed by atoms with van der Waals surface area (Å²) in [6.07, 6.45) is 1.08. The van der Waals surface area contributed by atoms with E-state index in [-0.39, 0.29) is 0 Å². The number of hydrogen-bond acceptors (Lipinski definition) is 4. The van der Waals surface area contributed by atoms with Crippen LogP contribution in [-0.4, -0.2) is 32.6 Å². The fourth-order valence-corrected chi connectivity index (χ4v) is 2.02. The fourth-order valence-electron chi connectivity index (χ4n) is 1.47. The molecular formula is C12H16N2O3S. The van der Waals surface area contributed by atoms with Gasteiger partial charge in [0, 0.05) is 7.05 Å². The van der Waals surface area contributed by atoms with Crippen molar-refractivity contribution in [3.05, 3.63) is 29.8 Å². The van der Waals surface area contributed by atoms with Crippen LogP contribution < -0.4 is 4.74 Å². The molecule has 0 bridgehead atoms. The molecule has 0 spiro atoms. The molecule has 0 aliphatic heterocycles. The minimum absolute atomic E-state index is 0.560. The van der Waals surface area contributed by atoms with Crippen LogP contribution >= 0.6 is 0 Å². The topological polar surface area (TPSA) is 70.4 Å². The molecule has 0 fully saturated rings. The van der Waals surface area contributed by atoms with Crippen LogP contribution in [0.3, 0.4) is 0 Å². The molecule has 1 aromatic carbocycles. The highest BCUT2D eigenvalue weighted by Crippen LogP contribution is 2.23. The first kappa shape index (κ1) is 14.5. The van der Waals surface area contributed by atoms with Crippen LogP contribution in [0.25, 0.3) is 0 Å². The lowest BCUT2D eigenvalue weighted by Gasteiger charge is -2.20. The van der Waals surface area contributed by atoms with Crippen LogP contribution in [0.1, 0.15) is 18.5 Å². The number of benzene rings is 1. The van der Waals surface area contributed by atoms with E-state index in [0.29, 0.717) is 17.9 Å². The second kappa shape index (κ2) is 5.85. The zero-order valence-electron chi connectivity index (χ0n) is 10.6. The van der Waals surface area contributed by atoms with Gasteiger partial charge in [0.05, 0.1) is 18.9 Å². The summed E-state index contributed by atoms with van der Waals surface area (Å²) in [6.45, 7) is 2.44. The zero-order chi connectivity index (χ0) is 13.8. The van der Waals surface area contributed by atoms with E-state index < -0.39 is 16.1 Å². The number of hydrogen-bond donors (Lipinski definition) is 0. The Kier molecular flexibility index (Phi) is 4.70. The van der Waals surface area contributed by atoms with Crippen molar-refractivity contribution >= 4 is 10.0 Å². The highest BCUT2D eigenvalue weighted by molar-refractivity contribution is 7.88. The summed E-state index contributed by atoms with van der Waals surface area (Å²) >= 11 is 0. The monoisotopic (exact) mass is 268 g/mol. The van der Waals surface area contributed by atoms with Gasteiger partial charge in [0.2, 0.25) is 10.0 Å². The molecule has 0 aliphatic rings. The molecule has 98 valence electrons. The molecule has 0 saturated heterocycles. The standard InChI is InChI=1S/C12H16N2O3S/c1-4-17-11-7-5-10(6-8-11)12(9-13)14(2)18(3,15)16/h5-8,12H,4H2,1-3H3. The van der Waals surface area contributed by atoms with Gasteiger partial charge in [-0.25, -0.2) is 8.42 Å². The molecule has 0 saturated carbocycles. The van der Waals surface area contributed by atoms with Crippen LogP contribution in [-0.2, 0) is 10.0 Å². The van der Waals surface area contributed by atoms with Crippen molar-refractivity contribution < 1.29 is 13.2 Å². The van der Waals surface area contributed by atoms with Crippen molar-refractivity contribution in [2.45, 2.75) is 13.0 Å². The third-order valence-corrected chi connectivity index (χ3v) is 3.77. The molecule has 0 amide bonds. The maximum atomic E-state index is 11.4. The van der Waals surface area contributed by atoms with Gasteiger partial charge in [0.25, 0.3) is 0 Å². The molecule has 0 N–H and O–H groups in total. The van der Waals surface area contributed by atoms with Gasteiger partial charge in [0.15, 0.2) is 0 Å². The molecule has 1 aromatic rings. The Bertz CT molecular complexity index is 531. The molecule has 0 aliphatic carbocycles. The van der Waals surface area contributed by atoms with Crippen LogP contribution in [0.5, 0.6) is 5.75 Å². The van der Waals surface area contributed by atoms with Crippen molar-refractivity contribution in [2.24, 2.45) is 0 Å². The highest BCUT2D eigenvalue weighted by atomic mass is 32.2. The molecular weight excluding hydrogens is 252 g/mol. The lowest BCUT2D eigenvalue weighted by molar-refractivity contribution is 0.340. The second-order valence-corrected chi connectivity index (χ2v) is 5.85. The molecule has 5 nitrogen and oxygen atoms in total. The Hall–Kier alpha value is -1.58. The molecule has 0 aromatic heterocycles. The van der Waals surface area contributed by atoms with Crippen molar-refractivity contribution in [2.75, 3.05) is 19.9 Å². The van der Waals surface area contributed by atoms with Gasteiger partial charge in [-0.3, -0.25) is 0 Å². The largest absolute Gasteiger partial charge is 0.494 e. The maximum Gasteiger partial charge on any atom is 0.212 e. The first-order valence-corrected chi connectivity index (χ1v) is 7.30. The Labute approximate surface area is 108 Å². The van der Waals surface area contributed by atoms with Crippen LogP contribution in [0.2, 0.25) is 0 Å². The van der Waals surface area contributed by atoms with Crippen molar-refractivity contribution in [3.63, 3.8) is 0 Å². The van der Waals surface area contributed by atoms with Gasteiger partial charge in [0.1, 0.15) is 11.8 Å². The van der Waals surface area contributed by atoms with E-state index in [9.17, 15) is 8.42 Å². The zero-order valence-corrected chi connectivity index (χ0v) is 11.4. The number of sulfonamides is 1. The maximum absolute atomic E-state index is 11.4. The number of nitriles is 1. The van der Waals surface area contributed by atoms with Gasteiger partial charge in [-0.15, -0.1) is 0 Å². The summed E-state index contributed by atoms with van der Waals surface area (Å²) in [7, 11) is -2.01. The SMILES string of the molecule is CCOc1ccc(C(C#N)N(C)S(C)(=O)=O)cc1. The predicted molar refractivity (Wildman–Crippen MR) is 68.6 cm³/mol. The predicted octanol–water partition coefficient (Wildman–Crippen LogP) is 1.54. The van der Waals surface area contributed by atoms with Gasteiger partial charge >= 0.3 is 0 Å². The minimum atomic E-state index is -3.40. The first-order chi connectivity index (χ1) is 8.40. The molecule has 18 heavy (non-hydrogen) atoms. The van der Waals surface area contributed by atoms with Crippen LogP contribution in [0, 0.1) is 11.3 Å². The first-order valence-electron chi connectivity index (χ1n) is 5.45. The van der Waals surface area contributed by atoms with E-state index in [4.69, 9.17) is 10.00 Å². The van der Waals surface area contributed by atoms with E-state index in [1.54, 1.807) is 24.3 Å². The van der Waals surface area contributed by atoms with Gasteiger partial charge in [-0.2, -0.15) is 9.57 Å². The quantitative estimate of drug-likeness (QED) is 0.812. The fraction of sp³-hybridized carbons (Fsp3) is 0.417. The van der Waals surface area contributed by atoms with Gasteiger partial charge < -0.3 is 4.74 Å². The van der Waals surface area contributed by atoms with E-state index in [1.165, 1.54) is 7.05 Å². The van der Waals surface area contributed by atoms with E-state index in [0.717, 1.165) is 10.6 Å². The number of rotatable bonds is 5.